The molecule has 0 radical (unpaired) electrons. The van der Waals surface area contributed by atoms with Crippen LogP contribution >= 0.6 is 0 Å². The summed E-state index contributed by atoms with van der Waals surface area (Å²) in [6, 6.07) is 14.6. The Labute approximate surface area is 171 Å². The largest absolute Gasteiger partial charge is 0.326 e. The minimum atomic E-state index is -3.86. The van der Waals surface area contributed by atoms with Crippen molar-refractivity contribution in [1.29, 1.82) is 0 Å². The van der Waals surface area contributed by atoms with E-state index >= 15 is 0 Å². The molecule has 152 valence electrons. The Bertz CT molecular complexity index is 1060. The van der Waals surface area contributed by atoms with E-state index in [0.29, 0.717) is 17.2 Å². The van der Waals surface area contributed by atoms with Gasteiger partial charge < -0.3 is 5.32 Å². The summed E-state index contributed by atoms with van der Waals surface area (Å²) in [5.41, 5.74) is 1.88. The van der Waals surface area contributed by atoms with E-state index in [4.69, 9.17) is 0 Å². The molecule has 0 atom stereocenters. The maximum atomic E-state index is 12.9. The smallest absolute Gasteiger partial charge is 0.286 e. The van der Waals surface area contributed by atoms with Gasteiger partial charge in [-0.1, -0.05) is 44.9 Å². The van der Waals surface area contributed by atoms with Gasteiger partial charge in [0.2, 0.25) is 5.91 Å². The van der Waals surface area contributed by atoms with Crippen LogP contribution in [0.2, 0.25) is 0 Å². The van der Waals surface area contributed by atoms with Gasteiger partial charge >= 0.3 is 0 Å². The molecule has 0 spiro atoms. The second kappa shape index (κ2) is 7.63. The molecule has 7 heteroatoms. The van der Waals surface area contributed by atoms with Gasteiger partial charge in [0.05, 0.1) is 5.69 Å². The predicted octanol–water partition coefficient (Wildman–Crippen LogP) is 4.71. The highest BCUT2D eigenvalue weighted by Gasteiger charge is 2.33. The Balaban J connectivity index is 1.76. The van der Waals surface area contributed by atoms with Crippen molar-refractivity contribution in [3.8, 4) is 0 Å². The molecule has 1 N–H and O–H groups in total. The quantitative estimate of drug-likeness (QED) is 0.790. The summed E-state index contributed by atoms with van der Waals surface area (Å²) in [5, 5.41) is 2.89. The number of carbonyl (C=O) groups is 1. The zero-order valence-electron chi connectivity index (χ0n) is 16.6. The summed E-state index contributed by atoms with van der Waals surface area (Å²) in [6.45, 7) is 3.84. The average Bonchev–Trinajstić information content (AvgIpc) is 3.23. The van der Waals surface area contributed by atoms with Crippen molar-refractivity contribution in [3.63, 3.8) is 0 Å². The van der Waals surface area contributed by atoms with Gasteiger partial charge in [-0.15, -0.1) is 4.40 Å². The molecule has 1 saturated carbocycles. The number of nitrogens with one attached hydrogen (secondary N) is 1. The lowest BCUT2D eigenvalue weighted by atomic mass is 10.1. The molecule has 1 aliphatic carbocycles. The zero-order chi connectivity index (χ0) is 20.6. The SMILES string of the molecule is CC(C)C1=NS(=O)(=O)c2cc(NC(=O)C3CCCC3)ccc2N1c1ccccc1. The van der Waals surface area contributed by atoms with E-state index in [9.17, 15) is 13.2 Å². The standard InChI is InChI=1S/C22H25N3O3S/c1-15(2)21-24-29(27,28)20-14-17(23-22(26)16-8-6-7-9-16)12-13-19(20)25(21)18-10-4-3-5-11-18/h3-5,10-16H,6-9H2,1-2H3,(H,23,26). The topological polar surface area (TPSA) is 78.8 Å². The van der Waals surface area contributed by atoms with Crippen LogP contribution < -0.4 is 10.2 Å². The maximum Gasteiger partial charge on any atom is 0.286 e. The fourth-order valence-corrected chi connectivity index (χ4v) is 5.30. The Kier molecular flexibility index (Phi) is 5.17. The Hall–Kier alpha value is -2.67. The van der Waals surface area contributed by atoms with Crippen molar-refractivity contribution in [2.75, 3.05) is 10.2 Å². The number of para-hydroxylation sites is 1. The summed E-state index contributed by atoms with van der Waals surface area (Å²) in [6.07, 6.45) is 3.91. The van der Waals surface area contributed by atoms with Gasteiger partial charge in [0.15, 0.2) is 0 Å². The summed E-state index contributed by atoms with van der Waals surface area (Å²) >= 11 is 0. The number of amides is 1. The lowest BCUT2D eigenvalue weighted by Gasteiger charge is -2.33. The first kappa shape index (κ1) is 19.6. The molecule has 0 saturated heterocycles. The lowest BCUT2D eigenvalue weighted by molar-refractivity contribution is -0.119. The van der Waals surface area contributed by atoms with Crippen LogP contribution in [0, 0.1) is 11.8 Å². The second-order valence-corrected chi connectivity index (χ2v) is 9.48. The number of benzene rings is 2. The predicted molar refractivity (Wildman–Crippen MR) is 115 cm³/mol. The Morgan fingerprint density at radius 2 is 1.79 bits per heavy atom. The molecule has 2 aliphatic rings. The molecular formula is C22H25N3O3S. The van der Waals surface area contributed by atoms with Gasteiger partial charge in [0.25, 0.3) is 10.0 Å². The summed E-state index contributed by atoms with van der Waals surface area (Å²) in [5.74, 6) is 0.363. The first-order chi connectivity index (χ1) is 13.9. The van der Waals surface area contributed by atoms with Gasteiger partial charge in [-0.05, 0) is 43.2 Å². The lowest BCUT2D eigenvalue weighted by Crippen LogP contribution is -2.35. The van der Waals surface area contributed by atoms with Crippen LogP contribution in [0.15, 0.2) is 57.8 Å². The molecule has 2 aromatic rings. The molecule has 1 heterocycles. The molecule has 4 rings (SSSR count). The van der Waals surface area contributed by atoms with Crippen LogP contribution in [-0.4, -0.2) is 20.2 Å². The summed E-state index contributed by atoms with van der Waals surface area (Å²) < 4.78 is 30.0. The van der Waals surface area contributed by atoms with E-state index in [1.54, 1.807) is 12.1 Å². The van der Waals surface area contributed by atoms with Crippen LogP contribution in [0.5, 0.6) is 0 Å². The van der Waals surface area contributed by atoms with E-state index in [1.165, 1.54) is 6.07 Å². The first-order valence-electron chi connectivity index (χ1n) is 10.0. The number of nitrogens with zero attached hydrogens (tertiary/aromatic N) is 2. The van der Waals surface area contributed by atoms with Crippen LogP contribution in [0.4, 0.5) is 17.1 Å². The van der Waals surface area contributed by atoms with Crippen molar-refractivity contribution in [2.24, 2.45) is 16.2 Å². The van der Waals surface area contributed by atoms with Gasteiger partial charge in [0, 0.05) is 23.2 Å². The molecule has 29 heavy (non-hydrogen) atoms. The number of fused-ring (bicyclic) bond motifs is 1. The van der Waals surface area contributed by atoms with Gasteiger partial charge in [-0.3, -0.25) is 9.69 Å². The van der Waals surface area contributed by atoms with E-state index < -0.39 is 10.0 Å². The molecule has 0 bridgehead atoms. The number of hydrogen-bond donors (Lipinski definition) is 1. The number of amidine groups is 1. The second-order valence-electron chi connectivity index (χ2n) is 7.90. The van der Waals surface area contributed by atoms with Crippen LogP contribution in [0.1, 0.15) is 39.5 Å². The summed E-state index contributed by atoms with van der Waals surface area (Å²) in [7, 11) is -3.86. The highest BCUT2D eigenvalue weighted by atomic mass is 32.2. The number of sulfonamides is 1. The molecule has 1 fully saturated rings. The Morgan fingerprint density at radius 3 is 2.45 bits per heavy atom. The number of hydrogen-bond acceptors (Lipinski definition) is 4. The van der Waals surface area contributed by atoms with Crippen molar-refractivity contribution in [1.82, 2.24) is 0 Å². The monoisotopic (exact) mass is 411 g/mol. The van der Waals surface area contributed by atoms with E-state index in [1.807, 2.05) is 49.1 Å². The van der Waals surface area contributed by atoms with Gasteiger partial charge in [0.1, 0.15) is 10.7 Å². The molecule has 1 amide bonds. The Morgan fingerprint density at radius 1 is 1.10 bits per heavy atom. The molecular weight excluding hydrogens is 386 g/mol. The number of anilines is 3. The average molecular weight is 412 g/mol. The highest BCUT2D eigenvalue weighted by Crippen LogP contribution is 2.39. The van der Waals surface area contributed by atoms with Crippen LogP contribution in [-0.2, 0) is 14.8 Å². The van der Waals surface area contributed by atoms with E-state index in [-0.39, 0.29) is 22.6 Å². The number of rotatable bonds is 4. The third-order valence-corrected chi connectivity index (χ3v) is 6.76. The van der Waals surface area contributed by atoms with Crippen LogP contribution in [0.25, 0.3) is 0 Å². The van der Waals surface area contributed by atoms with Crippen molar-refractivity contribution in [2.45, 2.75) is 44.4 Å². The summed E-state index contributed by atoms with van der Waals surface area (Å²) in [4.78, 5) is 14.5. The normalized spacial score (nSPS) is 18.4. The molecule has 0 aromatic heterocycles. The third kappa shape index (κ3) is 3.79. The minimum absolute atomic E-state index is 0.00835. The fraction of sp³-hybridized carbons (Fsp3) is 0.364. The highest BCUT2D eigenvalue weighted by molar-refractivity contribution is 7.90. The third-order valence-electron chi connectivity index (χ3n) is 5.45. The molecule has 6 nitrogen and oxygen atoms in total. The van der Waals surface area contributed by atoms with Crippen LogP contribution in [0.3, 0.4) is 0 Å². The van der Waals surface area contributed by atoms with E-state index in [2.05, 4.69) is 9.71 Å². The van der Waals surface area contributed by atoms with Gasteiger partial charge in [-0.2, -0.15) is 8.42 Å². The van der Waals surface area contributed by atoms with Crippen molar-refractivity contribution >= 4 is 38.8 Å². The van der Waals surface area contributed by atoms with E-state index in [0.717, 1.165) is 31.4 Å². The van der Waals surface area contributed by atoms with Gasteiger partial charge in [-0.25, -0.2) is 0 Å². The van der Waals surface area contributed by atoms with Crippen molar-refractivity contribution in [3.05, 3.63) is 48.5 Å². The minimum Gasteiger partial charge on any atom is -0.326 e. The molecule has 2 aromatic carbocycles. The maximum absolute atomic E-state index is 12.9. The first-order valence-corrected chi connectivity index (χ1v) is 11.5. The molecule has 0 unspecified atom stereocenters. The number of carbonyl (C=O) groups excluding carboxylic acids is 1. The fourth-order valence-electron chi connectivity index (χ4n) is 3.96. The van der Waals surface area contributed by atoms with Crippen molar-refractivity contribution < 1.29 is 13.2 Å². The molecule has 1 aliphatic heterocycles. The zero-order valence-corrected chi connectivity index (χ0v) is 17.4.